The van der Waals surface area contributed by atoms with Gasteiger partial charge in [0.25, 0.3) is 0 Å². The Labute approximate surface area is 101 Å². The molecular formula is C13H18F2N2. The molecule has 0 aliphatic carbocycles. The average molecular weight is 240 g/mol. The number of nitrogens with zero attached hydrogens (tertiary/aromatic N) is 2. The normalized spacial score (nSPS) is 8.88. The van der Waals surface area contributed by atoms with Gasteiger partial charge in [-0.1, -0.05) is 27.7 Å². The van der Waals surface area contributed by atoms with Gasteiger partial charge in [-0.3, -0.25) is 0 Å². The number of hydrogen-bond donors (Lipinski definition) is 0. The zero-order valence-electron chi connectivity index (χ0n) is 10.9. The van der Waals surface area contributed by atoms with Crippen LogP contribution in [0.4, 0.5) is 8.78 Å². The van der Waals surface area contributed by atoms with Crippen LogP contribution in [-0.4, -0.2) is 10.2 Å². The van der Waals surface area contributed by atoms with Crippen molar-refractivity contribution in [2.45, 2.75) is 34.6 Å². The molecule has 2 aromatic rings. The molecule has 2 nitrogen and oxygen atoms in total. The van der Waals surface area contributed by atoms with Crippen LogP contribution in [0.3, 0.4) is 0 Å². The predicted octanol–water partition coefficient (Wildman–Crippen LogP) is 4.27. The summed E-state index contributed by atoms with van der Waals surface area (Å²) in [5.74, 6) is -1.27. The monoisotopic (exact) mass is 240 g/mol. The molecule has 0 unspecified atom stereocenters. The molecule has 94 valence electrons. The highest BCUT2D eigenvalue weighted by molar-refractivity contribution is 5.81. The van der Waals surface area contributed by atoms with Gasteiger partial charge in [0.15, 0.2) is 5.82 Å². The molecule has 0 aliphatic heterocycles. The number of aryl methyl sites for hydroxylation is 1. The van der Waals surface area contributed by atoms with E-state index < -0.39 is 11.6 Å². The van der Waals surface area contributed by atoms with E-state index in [0.29, 0.717) is 10.9 Å². The summed E-state index contributed by atoms with van der Waals surface area (Å²) in [4.78, 5) is 0. The molecule has 1 aromatic carbocycles. The summed E-state index contributed by atoms with van der Waals surface area (Å²) < 4.78 is 25.9. The van der Waals surface area contributed by atoms with E-state index in [9.17, 15) is 8.78 Å². The Morgan fingerprint density at radius 2 is 1.59 bits per heavy atom. The van der Waals surface area contributed by atoms with Crippen molar-refractivity contribution in [1.82, 2.24) is 10.2 Å². The summed E-state index contributed by atoms with van der Waals surface area (Å²) in [6, 6.07) is 2.05. The maximum absolute atomic E-state index is 13.1. The predicted molar refractivity (Wildman–Crippen MR) is 66.9 cm³/mol. The molecule has 4 heteroatoms. The third-order valence-electron chi connectivity index (χ3n) is 1.86. The Morgan fingerprint density at radius 1 is 1.00 bits per heavy atom. The van der Waals surface area contributed by atoms with Crippen molar-refractivity contribution in [3.05, 3.63) is 35.5 Å². The van der Waals surface area contributed by atoms with Gasteiger partial charge in [0.1, 0.15) is 11.3 Å². The van der Waals surface area contributed by atoms with Crippen molar-refractivity contribution >= 4 is 10.9 Å². The molecule has 17 heavy (non-hydrogen) atoms. The van der Waals surface area contributed by atoms with Gasteiger partial charge in [0.2, 0.25) is 0 Å². The third-order valence-corrected chi connectivity index (χ3v) is 1.86. The fourth-order valence-corrected chi connectivity index (χ4v) is 1.21. The zero-order chi connectivity index (χ0) is 13.4. The second-order valence-corrected chi connectivity index (χ2v) is 2.81. The minimum absolute atomic E-state index is 0.112. The van der Waals surface area contributed by atoms with E-state index in [-0.39, 0.29) is 5.52 Å². The molecule has 1 aromatic heterocycles. The zero-order valence-corrected chi connectivity index (χ0v) is 10.9. The fraction of sp³-hybridized carbons (Fsp3) is 0.385. The Bertz CT molecular complexity index is 470. The van der Waals surface area contributed by atoms with Gasteiger partial charge in [0.05, 0.1) is 6.20 Å². The van der Waals surface area contributed by atoms with Crippen molar-refractivity contribution in [2.24, 2.45) is 0 Å². The van der Waals surface area contributed by atoms with Gasteiger partial charge in [-0.15, -0.1) is 5.10 Å². The minimum Gasteiger partial charge on any atom is -0.207 e. The van der Waals surface area contributed by atoms with E-state index in [1.165, 1.54) is 12.3 Å². The summed E-state index contributed by atoms with van der Waals surface area (Å²) in [5, 5.41) is 7.65. The highest BCUT2D eigenvalue weighted by Gasteiger charge is 2.06. The quantitative estimate of drug-likeness (QED) is 0.687. The molecule has 1 heterocycles. The van der Waals surface area contributed by atoms with Crippen LogP contribution in [0, 0.1) is 18.6 Å². The largest absolute Gasteiger partial charge is 0.207 e. The molecule has 2 rings (SSSR count). The first-order chi connectivity index (χ1) is 8.18. The van der Waals surface area contributed by atoms with E-state index >= 15 is 0 Å². The van der Waals surface area contributed by atoms with Gasteiger partial charge in [-0.2, -0.15) is 5.10 Å². The van der Waals surface area contributed by atoms with Crippen LogP contribution < -0.4 is 0 Å². The molecular weight excluding hydrogens is 222 g/mol. The van der Waals surface area contributed by atoms with Gasteiger partial charge >= 0.3 is 0 Å². The molecule has 0 radical (unpaired) electrons. The molecule has 0 saturated heterocycles. The average Bonchev–Trinajstić information content (AvgIpc) is 2.36. The van der Waals surface area contributed by atoms with E-state index in [0.717, 1.165) is 6.07 Å². The Kier molecular flexibility index (Phi) is 6.94. The first-order valence-corrected chi connectivity index (χ1v) is 5.75. The van der Waals surface area contributed by atoms with Crippen LogP contribution in [0.5, 0.6) is 0 Å². The summed E-state index contributed by atoms with van der Waals surface area (Å²) in [6.07, 6.45) is 1.47. The van der Waals surface area contributed by atoms with Gasteiger partial charge in [-0.05, 0) is 18.6 Å². The number of rotatable bonds is 0. The molecule has 0 fully saturated rings. The molecule has 0 N–H and O–H groups in total. The lowest BCUT2D eigenvalue weighted by Crippen LogP contribution is -1.91. The van der Waals surface area contributed by atoms with E-state index in [1.54, 1.807) is 6.92 Å². The van der Waals surface area contributed by atoms with Crippen LogP contribution in [-0.2, 0) is 0 Å². The van der Waals surface area contributed by atoms with Crippen molar-refractivity contribution in [2.75, 3.05) is 0 Å². The minimum atomic E-state index is -0.675. The molecule has 0 aliphatic rings. The van der Waals surface area contributed by atoms with Gasteiger partial charge in [-0.25, -0.2) is 8.78 Å². The number of fused-ring (bicyclic) bond motifs is 1. The van der Waals surface area contributed by atoms with Crippen LogP contribution >= 0.6 is 0 Å². The summed E-state index contributed by atoms with van der Waals surface area (Å²) in [6.45, 7) is 9.73. The van der Waals surface area contributed by atoms with Crippen molar-refractivity contribution < 1.29 is 8.78 Å². The molecule has 0 saturated carbocycles. The van der Waals surface area contributed by atoms with Gasteiger partial charge in [0, 0.05) is 11.5 Å². The maximum Gasteiger partial charge on any atom is 0.154 e. The highest BCUT2D eigenvalue weighted by atomic mass is 19.1. The first-order valence-electron chi connectivity index (χ1n) is 5.75. The third kappa shape index (κ3) is 3.73. The second-order valence-electron chi connectivity index (χ2n) is 2.81. The maximum atomic E-state index is 13.1. The highest BCUT2D eigenvalue weighted by Crippen LogP contribution is 2.19. The van der Waals surface area contributed by atoms with Crippen LogP contribution in [0.1, 0.15) is 33.3 Å². The Hall–Kier alpha value is -1.58. The Morgan fingerprint density at radius 3 is 2.18 bits per heavy atom. The molecule has 0 atom stereocenters. The van der Waals surface area contributed by atoms with E-state index in [1.807, 2.05) is 27.7 Å². The second kappa shape index (κ2) is 7.65. The summed E-state index contributed by atoms with van der Waals surface area (Å²) in [5.41, 5.74) is 0.824. The lowest BCUT2D eigenvalue weighted by atomic mass is 10.1. The van der Waals surface area contributed by atoms with Gasteiger partial charge < -0.3 is 0 Å². The number of hydrogen-bond acceptors (Lipinski definition) is 2. The topological polar surface area (TPSA) is 25.8 Å². The first kappa shape index (κ1) is 15.4. The molecule has 0 bridgehead atoms. The number of aromatic nitrogens is 2. The lowest BCUT2D eigenvalue weighted by Gasteiger charge is -2.00. The van der Waals surface area contributed by atoms with Crippen molar-refractivity contribution in [3.8, 4) is 0 Å². The number of halogens is 2. The van der Waals surface area contributed by atoms with Crippen LogP contribution in [0.2, 0.25) is 0 Å². The SMILES string of the molecule is CC.CC.Cc1cnnc2c(F)cc(F)cc12. The molecule has 0 amide bonds. The van der Waals surface area contributed by atoms with Crippen LogP contribution in [0.15, 0.2) is 18.3 Å². The van der Waals surface area contributed by atoms with E-state index in [2.05, 4.69) is 10.2 Å². The molecule has 0 spiro atoms. The van der Waals surface area contributed by atoms with E-state index in [4.69, 9.17) is 0 Å². The van der Waals surface area contributed by atoms with Crippen LogP contribution in [0.25, 0.3) is 10.9 Å². The smallest absolute Gasteiger partial charge is 0.154 e. The summed E-state index contributed by atoms with van der Waals surface area (Å²) >= 11 is 0. The van der Waals surface area contributed by atoms with Crippen molar-refractivity contribution in [1.29, 1.82) is 0 Å². The van der Waals surface area contributed by atoms with Crippen molar-refractivity contribution in [3.63, 3.8) is 0 Å². The number of benzene rings is 1. The Balaban J connectivity index is 0.000000581. The fourth-order valence-electron chi connectivity index (χ4n) is 1.21. The lowest BCUT2D eigenvalue weighted by molar-refractivity contribution is 0.589. The standard InChI is InChI=1S/C9H6F2N2.2C2H6/c1-5-4-12-13-9-7(5)2-6(10)3-8(9)11;2*1-2/h2-4H,1H3;2*1-2H3. The summed E-state index contributed by atoms with van der Waals surface area (Å²) in [7, 11) is 0.